The Hall–Kier alpha value is -15.6. The van der Waals surface area contributed by atoms with Crippen LogP contribution in [-0.4, -0.2) is 74.3 Å². The van der Waals surface area contributed by atoms with Gasteiger partial charge in [0.2, 0.25) is 17.7 Å². The normalized spacial score (nSPS) is 11.3. The number of urea groups is 3. The summed E-state index contributed by atoms with van der Waals surface area (Å²) < 4.78 is 80.7. The van der Waals surface area contributed by atoms with Crippen LogP contribution in [0.2, 0.25) is 0 Å². The van der Waals surface area contributed by atoms with Crippen LogP contribution in [0, 0.1) is 39.3 Å². The van der Waals surface area contributed by atoms with Crippen LogP contribution in [0.1, 0.15) is 89.0 Å². The van der Waals surface area contributed by atoms with Crippen molar-refractivity contribution in [1.29, 1.82) is 0 Å². The molecule has 0 bridgehead atoms. The van der Waals surface area contributed by atoms with Crippen molar-refractivity contribution in [3.8, 4) is 0 Å². The number of aryl methyl sites for hydroxylation is 4. The summed E-state index contributed by atoms with van der Waals surface area (Å²) in [5.74, 6) is -0.813. The van der Waals surface area contributed by atoms with Gasteiger partial charge >= 0.3 is 18.1 Å². The van der Waals surface area contributed by atoms with Crippen LogP contribution in [0.15, 0.2) is 382 Å². The van der Waals surface area contributed by atoms with Gasteiger partial charge in [0.15, 0.2) is 0 Å². The Balaban J connectivity index is 0.000000209. The third kappa shape index (κ3) is 43.3. The van der Waals surface area contributed by atoms with E-state index in [1.54, 1.807) is 0 Å². The maximum atomic E-state index is 13.1. The van der Waals surface area contributed by atoms with E-state index in [2.05, 4.69) is 169 Å². The minimum Gasteiger partial charge on any atom is -1.00 e. The minimum atomic E-state index is -3.92. The van der Waals surface area contributed by atoms with Crippen molar-refractivity contribution in [3.63, 3.8) is 0 Å². The number of hydrogen-bond donors (Lipinski definition) is 12. The molecule has 24 nitrogen and oxygen atoms in total. The zero-order chi connectivity index (χ0) is 101. The molecule has 29 heteroatoms. The molecule has 15 aromatic rings. The van der Waals surface area contributed by atoms with E-state index in [1.807, 2.05) is 240 Å². The van der Waals surface area contributed by atoms with Gasteiger partial charge in [-0.3, -0.25) is 14.4 Å². The molecule has 15 aromatic carbocycles. The molecule has 143 heavy (non-hydrogen) atoms. The molecular weight excluding hydrogens is 1870 g/mol. The van der Waals surface area contributed by atoms with Gasteiger partial charge in [0.25, 0.3) is 0 Å². The van der Waals surface area contributed by atoms with Gasteiger partial charge in [-0.25, -0.2) is 40.0 Å². The highest BCUT2D eigenvalue weighted by Gasteiger charge is 2.20. The van der Waals surface area contributed by atoms with Crippen LogP contribution >= 0.6 is 0 Å². The van der Waals surface area contributed by atoms with E-state index in [0.29, 0.717) is 54.5 Å². The molecular formula is C114H117ClF2N12O12S2. The van der Waals surface area contributed by atoms with Crippen molar-refractivity contribution in [2.75, 3.05) is 60.4 Å². The van der Waals surface area contributed by atoms with Crippen molar-refractivity contribution in [2.24, 2.45) is 0 Å². The molecule has 15 rings (SSSR count). The number of quaternary nitrogens is 3. The molecule has 0 saturated carbocycles. The second kappa shape index (κ2) is 56.0. The molecule has 0 saturated heterocycles. The number of hydrogen-bond acceptors (Lipinski definition) is 12. The summed E-state index contributed by atoms with van der Waals surface area (Å²) >= 11 is 0. The summed E-state index contributed by atoms with van der Waals surface area (Å²) in [5.41, 5.74) is 24.6. The molecule has 0 spiro atoms. The molecule has 0 aliphatic heterocycles. The minimum absolute atomic E-state index is 0. The van der Waals surface area contributed by atoms with Crippen molar-refractivity contribution in [3.05, 3.63) is 483 Å². The molecule has 12 N–H and O–H groups in total. The van der Waals surface area contributed by atoms with Crippen LogP contribution in [0.3, 0.4) is 0 Å². The first kappa shape index (κ1) is 109. The highest BCUT2D eigenvalue weighted by Crippen LogP contribution is 2.21. The maximum Gasteiger partial charge on any atom is 0.323 e. The van der Waals surface area contributed by atoms with Gasteiger partial charge in [0, 0.05) is 114 Å². The fourth-order valence-electron chi connectivity index (χ4n) is 15.1. The molecule has 0 radical (unpaired) electrons. The van der Waals surface area contributed by atoms with Crippen LogP contribution in [0.5, 0.6) is 0 Å². The van der Waals surface area contributed by atoms with Gasteiger partial charge in [-0.1, -0.05) is 271 Å². The van der Waals surface area contributed by atoms with Gasteiger partial charge in [-0.15, -0.1) is 0 Å². The first-order valence-corrected chi connectivity index (χ1v) is 49.6. The average molecular weight is 1980 g/mol. The van der Waals surface area contributed by atoms with Crippen molar-refractivity contribution < 1.29 is 90.6 Å². The van der Waals surface area contributed by atoms with Crippen molar-refractivity contribution in [2.45, 2.75) is 106 Å². The monoisotopic (exact) mass is 1980 g/mol. The van der Waals surface area contributed by atoms with E-state index in [1.165, 1.54) is 102 Å². The Bertz CT molecular complexity index is 5800. The van der Waals surface area contributed by atoms with Gasteiger partial charge in [0.05, 0.1) is 39.5 Å². The molecule has 0 aliphatic carbocycles. The Morgan fingerprint density at radius 1 is 0.217 bits per heavy atom. The lowest BCUT2D eigenvalue weighted by Crippen LogP contribution is -3.08. The number of benzene rings is 15. The number of amides is 9. The predicted molar refractivity (Wildman–Crippen MR) is 558 cm³/mol. The van der Waals surface area contributed by atoms with Crippen molar-refractivity contribution >= 4 is 107 Å². The largest absolute Gasteiger partial charge is 1.00 e. The second-order valence-corrected chi connectivity index (χ2v) is 37.5. The van der Waals surface area contributed by atoms with Crippen LogP contribution < -0.4 is 75.0 Å². The fraction of sp³-hybridized carbons (Fsp3) is 0.158. The van der Waals surface area contributed by atoms with Crippen molar-refractivity contribution in [1.82, 2.24) is 0 Å². The third-order valence-corrected chi connectivity index (χ3v) is 21.9. The lowest BCUT2D eigenvalue weighted by molar-refractivity contribution is -0.941. The predicted octanol–water partition coefficient (Wildman–Crippen LogP) is 15.7. The number of carbonyl (C=O) groups excluding carboxylic acids is 6. The summed E-state index contributed by atoms with van der Waals surface area (Å²) in [4.78, 5) is 79.0. The molecule has 0 fully saturated rings. The van der Waals surface area contributed by atoms with Gasteiger partial charge in [0.1, 0.15) is 70.5 Å². The SMILES string of the molecule is CS(=O)(=O)[O-].CS(=O)(=O)[O-].Cc1ccc(NC(=O)Cc2ccc(C[NH+](Cc3ccccc3)Cc3ccc(NC(=O)Nc4ccc(C)cc4)cc3)cc2)cc1.Cc1ccc(NC(=O)Cc2ccc(C[NH+](Cc3ccccc3)Cc3ccc(NC(=O)Nc4ccc(F)cc4)cc3)cc2)cc1.Cc1ccc(NC(=O)Cc2ccc(C[NH+](Cc3ccccc3)Cc3ccc(NC(=O)Nc4ccc(F)cc4)cc3)cc2)cc1.[Cl-]. The molecule has 0 heterocycles. The first-order valence-electron chi connectivity index (χ1n) is 46.0. The number of halogens is 3. The van der Waals surface area contributed by atoms with E-state index in [9.17, 15) is 37.5 Å². The summed E-state index contributed by atoms with van der Waals surface area (Å²) in [5, 5.41) is 25.7. The van der Waals surface area contributed by atoms with E-state index >= 15 is 0 Å². The van der Waals surface area contributed by atoms with E-state index in [-0.39, 0.29) is 47.8 Å². The summed E-state index contributed by atoms with van der Waals surface area (Å²) in [6, 6.07) is 121. The summed E-state index contributed by atoms with van der Waals surface area (Å²) in [6.45, 7) is 15.5. The van der Waals surface area contributed by atoms with Crippen LogP contribution in [0.25, 0.3) is 0 Å². The lowest BCUT2D eigenvalue weighted by atomic mass is 10.1. The highest BCUT2D eigenvalue weighted by atomic mass is 35.5. The Morgan fingerprint density at radius 2 is 0.350 bits per heavy atom. The molecule has 0 aromatic heterocycles. The smallest absolute Gasteiger partial charge is 0.323 e. The zero-order valence-corrected chi connectivity index (χ0v) is 82.6. The van der Waals surface area contributed by atoms with Gasteiger partial charge in [-0.2, -0.15) is 0 Å². The standard InChI is InChI=1S/C38H38N4O2.2C37H35FN4O2.2CH4O3S.ClH/c1-28-8-18-34(19-9-28)39-37(43)24-30-12-14-32(15-13-30)26-42(25-31-6-4-3-5-7-31)27-33-16-22-36(23-17-33)41-38(44)40-35-20-10-29(2)11-21-35;2*1-27-7-17-33(18-8-27)39-36(43)23-28-9-11-30(12-10-28)25-42(24-29-5-3-2-4-6-29)26-31-13-19-34(20-14-31)40-37(44)41-35-21-15-32(38)16-22-35;2*1-5(2,3)4;/h3-23H,24-27H2,1-2H3,(H,39,43)(H2,40,41,44);2*2-22H,23-26H2,1H3,(H,39,43)(H2,40,41,44);2*1H3,(H,2,3,4);1H. The Morgan fingerprint density at radius 3 is 0.524 bits per heavy atom. The van der Waals surface area contributed by atoms with E-state index < -0.39 is 32.3 Å². The lowest BCUT2D eigenvalue weighted by Gasteiger charge is -2.20. The quantitative estimate of drug-likeness (QED) is 0.0171. The second-order valence-electron chi connectivity index (χ2n) is 34.6. The average Bonchev–Trinajstić information content (AvgIpc) is 0.855. The first-order chi connectivity index (χ1) is 68.1. The van der Waals surface area contributed by atoms with Crippen LogP contribution in [-0.2, 0) is 113 Å². The van der Waals surface area contributed by atoms with Crippen LogP contribution in [0.4, 0.5) is 74.4 Å². The Kier molecular flexibility index (Phi) is 42.8. The zero-order valence-electron chi connectivity index (χ0n) is 80.2. The maximum absolute atomic E-state index is 13.1. The third-order valence-electron chi connectivity index (χ3n) is 21.9. The Labute approximate surface area is 841 Å². The molecule has 3 unspecified atom stereocenters. The van der Waals surface area contributed by atoms with E-state index in [0.717, 1.165) is 137 Å². The molecule has 9 amide bonds. The molecule has 738 valence electrons. The molecule has 0 aliphatic rings. The fourth-order valence-corrected chi connectivity index (χ4v) is 15.1. The number of carbonyl (C=O) groups is 6. The number of rotatable bonds is 33. The summed E-state index contributed by atoms with van der Waals surface area (Å²) in [6.07, 6.45) is 2.17. The van der Waals surface area contributed by atoms with Gasteiger partial charge in [-0.05, 0) is 178 Å². The number of nitrogens with one attached hydrogen (secondary N) is 12. The topological polar surface area (TPSA) is 338 Å². The number of anilines is 9. The van der Waals surface area contributed by atoms with Gasteiger partial charge < -0.3 is 84.1 Å². The summed E-state index contributed by atoms with van der Waals surface area (Å²) in [7, 11) is -7.83. The molecule has 3 atom stereocenters. The highest BCUT2D eigenvalue weighted by molar-refractivity contribution is 7.85. The van der Waals surface area contributed by atoms with E-state index in [4.69, 9.17) is 25.9 Å².